The molecule has 2 rings (SSSR count). The van der Waals surface area contributed by atoms with Crippen molar-refractivity contribution in [3.05, 3.63) is 15.9 Å². The minimum absolute atomic E-state index is 0.263. The molecule has 1 aromatic heterocycles. The number of likely N-dealkylation sites (tertiary alicyclic amines) is 1. The zero-order valence-corrected chi connectivity index (χ0v) is 13.0. The van der Waals surface area contributed by atoms with Crippen LogP contribution in [0.15, 0.2) is 4.47 Å². The fraction of sp³-hybridized carbons (Fsp3) is 0.692. The molecule has 4 nitrogen and oxygen atoms in total. The van der Waals surface area contributed by atoms with E-state index in [0.29, 0.717) is 24.8 Å². The van der Waals surface area contributed by atoms with Crippen LogP contribution in [0.5, 0.6) is 0 Å². The summed E-state index contributed by atoms with van der Waals surface area (Å²) in [5.74, 6) is 1.32. The van der Waals surface area contributed by atoms with E-state index < -0.39 is 0 Å². The summed E-state index contributed by atoms with van der Waals surface area (Å²) in [6.07, 6.45) is 0.687. The number of amides is 1. The van der Waals surface area contributed by atoms with E-state index in [0.717, 1.165) is 22.4 Å². The molecule has 0 N–H and O–H groups in total. The number of nitrogens with zero attached hydrogens (tertiary/aromatic N) is 3. The Morgan fingerprint density at radius 2 is 2.17 bits per heavy atom. The molecular formula is C13H20BrN3O. The Bertz CT molecular complexity index is 467. The number of aromatic nitrogens is 2. The number of carbonyl (C=O) groups is 1. The lowest BCUT2D eigenvalue weighted by Crippen LogP contribution is -2.26. The third-order valence-corrected chi connectivity index (χ3v) is 4.82. The van der Waals surface area contributed by atoms with E-state index in [-0.39, 0.29) is 5.91 Å². The number of aryl methyl sites for hydroxylation is 2. The second kappa shape index (κ2) is 5.03. The molecule has 0 aliphatic carbocycles. The van der Waals surface area contributed by atoms with Crippen molar-refractivity contribution in [1.82, 2.24) is 14.7 Å². The van der Waals surface area contributed by atoms with Crippen molar-refractivity contribution < 1.29 is 4.79 Å². The second-order valence-electron chi connectivity index (χ2n) is 5.45. The van der Waals surface area contributed by atoms with E-state index in [2.05, 4.69) is 34.9 Å². The summed E-state index contributed by atoms with van der Waals surface area (Å²) < 4.78 is 2.88. The van der Waals surface area contributed by atoms with Crippen LogP contribution in [0.3, 0.4) is 0 Å². The number of rotatable bonds is 3. The molecular weight excluding hydrogens is 294 g/mol. The van der Waals surface area contributed by atoms with Crippen molar-refractivity contribution in [1.29, 1.82) is 0 Å². The van der Waals surface area contributed by atoms with Crippen LogP contribution < -0.4 is 0 Å². The van der Waals surface area contributed by atoms with Gasteiger partial charge < -0.3 is 4.90 Å². The fourth-order valence-electron chi connectivity index (χ4n) is 2.43. The molecule has 0 bridgehead atoms. The van der Waals surface area contributed by atoms with Gasteiger partial charge >= 0.3 is 0 Å². The van der Waals surface area contributed by atoms with Gasteiger partial charge in [0, 0.05) is 20.0 Å². The average Bonchev–Trinajstić information content (AvgIpc) is 2.76. The highest BCUT2D eigenvalue weighted by Crippen LogP contribution is 2.28. The van der Waals surface area contributed by atoms with Crippen molar-refractivity contribution in [2.24, 2.45) is 18.9 Å². The van der Waals surface area contributed by atoms with Crippen molar-refractivity contribution in [2.45, 2.75) is 33.7 Å². The lowest BCUT2D eigenvalue weighted by molar-refractivity contribution is -0.128. The minimum Gasteiger partial charge on any atom is -0.336 e. The highest BCUT2D eigenvalue weighted by atomic mass is 79.9. The Hall–Kier alpha value is -0.840. The lowest BCUT2D eigenvalue weighted by atomic mass is 9.95. The standard InChI is InChI=1S/C13H20BrN3O/c1-8(2)10-5-12(18)17(6-10)7-11-13(14)9(3)15-16(11)4/h8,10H,5-7H2,1-4H3. The molecule has 1 unspecified atom stereocenters. The molecule has 1 amide bonds. The van der Waals surface area contributed by atoms with E-state index in [4.69, 9.17) is 0 Å². The first kappa shape index (κ1) is 13.6. The number of carbonyl (C=O) groups excluding carboxylic acids is 1. The van der Waals surface area contributed by atoms with Crippen LogP contribution >= 0.6 is 15.9 Å². The van der Waals surface area contributed by atoms with Gasteiger partial charge in [-0.25, -0.2) is 0 Å². The monoisotopic (exact) mass is 313 g/mol. The molecule has 0 radical (unpaired) electrons. The summed E-state index contributed by atoms with van der Waals surface area (Å²) in [6, 6.07) is 0. The Morgan fingerprint density at radius 1 is 1.50 bits per heavy atom. The van der Waals surface area contributed by atoms with E-state index in [9.17, 15) is 4.79 Å². The van der Waals surface area contributed by atoms with Gasteiger partial charge in [-0.15, -0.1) is 0 Å². The molecule has 1 aliphatic rings. The normalized spacial score (nSPS) is 20.2. The van der Waals surface area contributed by atoms with E-state index in [1.165, 1.54) is 0 Å². The van der Waals surface area contributed by atoms with E-state index >= 15 is 0 Å². The van der Waals surface area contributed by atoms with Gasteiger partial charge in [-0.1, -0.05) is 13.8 Å². The summed E-state index contributed by atoms with van der Waals surface area (Å²) in [5.41, 5.74) is 2.05. The Labute approximate surface area is 116 Å². The SMILES string of the molecule is Cc1nn(C)c(CN2CC(C(C)C)CC2=O)c1Br. The van der Waals surface area contributed by atoms with Crippen molar-refractivity contribution in [2.75, 3.05) is 6.54 Å². The first-order valence-corrected chi connectivity index (χ1v) is 7.15. The summed E-state index contributed by atoms with van der Waals surface area (Å²) in [7, 11) is 1.92. The topological polar surface area (TPSA) is 38.1 Å². The first-order valence-electron chi connectivity index (χ1n) is 6.36. The van der Waals surface area contributed by atoms with E-state index in [1.807, 2.05) is 23.6 Å². The zero-order valence-electron chi connectivity index (χ0n) is 11.4. The average molecular weight is 314 g/mol. The van der Waals surface area contributed by atoms with Gasteiger partial charge in [0.15, 0.2) is 0 Å². The second-order valence-corrected chi connectivity index (χ2v) is 6.25. The predicted molar refractivity (Wildman–Crippen MR) is 74.0 cm³/mol. The molecule has 0 spiro atoms. The van der Waals surface area contributed by atoms with Gasteiger partial charge in [0.1, 0.15) is 0 Å². The van der Waals surface area contributed by atoms with Gasteiger partial charge in [0.05, 0.1) is 22.4 Å². The maximum atomic E-state index is 12.0. The van der Waals surface area contributed by atoms with Crippen LogP contribution in [0.4, 0.5) is 0 Å². The Balaban J connectivity index is 2.13. The predicted octanol–water partition coefficient (Wildman–Crippen LogP) is 2.50. The molecule has 2 heterocycles. The van der Waals surface area contributed by atoms with Crippen LogP contribution in [-0.2, 0) is 18.4 Å². The molecule has 0 aromatic carbocycles. The van der Waals surface area contributed by atoms with Crippen molar-refractivity contribution in [3.8, 4) is 0 Å². The molecule has 5 heteroatoms. The highest BCUT2D eigenvalue weighted by molar-refractivity contribution is 9.10. The van der Waals surface area contributed by atoms with Gasteiger partial charge in [0.2, 0.25) is 5.91 Å². The molecule has 18 heavy (non-hydrogen) atoms. The Morgan fingerprint density at radius 3 is 2.61 bits per heavy atom. The summed E-state index contributed by atoms with van der Waals surface area (Å²) in [4.78, 5) is 14.0. The smallest absolute Gasteiger partial charge is 0.223 e. The Kier molecular flexibility index (Phi) is 3.80. The fourth-order valence-corrected chi connectivity index (χ4v) is 2.90. The maximum absolute atomic E-state index is 12.0. The molecule has 100 valence electrons. The maximum Gasteiger partial charge on any atom is 0.223 e. The third kappa shape index (κ3) is 2.46. The van der Waals surface area contributed by atoms with Crippen molar-refractivity contribution >= 4 is 21.8 Å². The highest BCUT2D eigenvalue weighted by Gasteiger charge is 2.32. The van der Waals surface area contributed by atoms with Crippen LogP contribution in [0.25, 0.3) is 0 Å². The quantitative estimate of drug-likeness (QED) is 0.860. The van der Waals surface area contributed by atoms with Gasteiger partial charge in [-0.3, -0.25) is 9.48 Å². The summed E-state index contributed by atoms with van der Waals surface area (Å²) >= 11 is 3.55. The molecule has 1 saturated heterocycles. The molecule has 1 fully saturated rings. The van der Waals surface area contributed by atoms with Gasteiger partial charge in [-0.2, -0.15) is 5.10 Å². The molecule has 1 aromatic rings. The van der Waals surface area contributed by atoms with Crippen LogP contribution in [0.1, 0.15) is 31.7 Å². The summed E-state index contributed by atoms with van der Waals surface area (Å²) in [6.45, 7) is 7.86. The largest absolute Gasteiger partial charge is 0.336 e. The van der Waals surface area contributed by atoms with Crippen LogP contribution in [0, 0.1) is 18.8 Å². The van der Waals surface area contributed by atoms with Crippen LogP contribution in [0.2, 0.25) is 0 Å². The number of halogens is 1. The van der Waals surface area contributed by atoms with Gasteiger partial charge in [0.25, 0.3) is 0 Å². The molecule has 1 aliphatic heterocycles. The minimum atomic E-state index is 0.263. The van der Waals surface area contributed by atoms with E-state index in [1.54, 1.807) is 0 Å². The molecule has 0 saturated carbocycles. The lowest BCUT2D eigenvalue weighted by Gasteiger charge is -2.18. The molecule has 1 atom stereocenters. The summed E-state index contributed by atoms with van der Waals surface area (Å²) in [5, 5.41) is 4.36. The van der Waals surface area contributed by atoms with Crippen LogP contribution in [-0.4, -0.2) is 27.1 Å². The first-order chi connectivity index (χ1) is 8.40. The van der Waals surface area contributed by atoms with Crippen molar-refractivity contribution in [3.63, 3.8) is 0 Å². The number of hydrogen-bond donors (Lipinski definition) is 0. The zero-order chi connectivity index (χ0) is 13.4. The number of hydrogen-bond acceptors (Lipinski definition) is 2. The van der Waals surface area contributed by atoms with Gasteiger partial charge in [-0.05, 0) is 34.7 Å². The third-order valence-electron chi connectivity index (χ3n) is 3.79.